The van der Waals surface area contributed by atoms with Crippen LogP contribution in [0.25, 0.3) is 5.57 Å². The number of aromatic nitrogens is 2. The van der Waals surface area contributed by atoms with Gasteiger partial charge < -0.3 is 5.32 Å². The number of rotatable bonds is 3. The number of nitrogens with zero attached hydrogens (tertiary/aromatic N) is 3. The molecule has 0 radical (unpaired) electrons. The molecule has 0 saturated carbocycles. The van der Waals surface area contributed by atoms with E-state index < -0.39 is 23.5 Å². The lowest BCUT2D eigenvalue weighted by Crippen LogP contribution is -2.31. The van der Waals surface area contributed by atoms with Crippen LogP contribution >= 0.6 is 11.6 Å². The third-order valence-corrected chi connectivity index (χ3v) is 4.80. The lowest BCUT2D eigenvalue weighted by molar-refractivity contribution is 0.570. The average molecular weight is 415 g/mol. The molecule has 29 heavy (non-hydrogen) atoms. The fraction of sp³-hybridized carbons (Fsp3) is 0.0952. The Balaban J connectivity index is 1.90. The minimum atomic E-state index is -0.853. The van der Waals surface area contributed by atoms with Crippen molar-refractivity contribution in [3.05, 3.63) is 100.0 Å². The summed E-state index contributed by atoms with van der Waals surface area (Å²) < 4.78 is 41.2. The van der Waals surface area contributed by atoms with Gasteiger partial charge in [0.1, 0.15) is 23.4 Å². The highest BCUT2D eigenvalue weighted by atomic mass is 35.5. The van der Waals surface area contributed by atoms with Gasteiger partial charge in [-0.05, 0) is 31.2 Å². The summed E-state index contributed by atoms with van der Waals surface area (Å²) in [5.74, 6) is -2.01. The Hall–Kier alpha value is -3.19. The lowest BCUT2D eigenvalue weighted by atomic mass is 9.93. The van der Waals surface area contributed by atoms with Crippen LogP contribution < -0.4 is 5.32 Å². The molecular weight excluding hydrogens is 401 g/mol. The molecule has 0 fully saturated rings. The van der Waals surface area contributed by atoms with Crippen LogP contribution in [0.3, 0.4) is 0 Å². The highest BCUT2D eigenvalue weighted by Crippen LogP contribution is 2.40. The summed E-state index contributed by atoms with van der Waals surface area (Å²) in [7, 11) is 0. The molecule has 3 aromatic rings. The van der Waals surface area contributed by atoms with Crippen molar-refractivity contribution in [2.45, 2.75) is 13.0 Å². The number of allylic oxidation sites excluding steroid dienone is 1. The topological polar surface area (TPSA) is 50.2 Å². The van der Waals surface area contributed by atoms with Crippen molar-refractivity contribution < 1.29 is 13.2 Å². The predicted octanol–water partition coefficient (Wildman–Crippen LogP) is 5.07. The normalized spacial score (nSPS) is 16.4. The fourth-order valence-electron chi connectivity index (χ4n) is 3.19. The van der Waals surface area contributed by atoms with E-state index in [9.17, 15) is 13.2 Å². The molecule has 4 nitrogen and oxygen atoms in total. The maximum absolute atomic E-state index is 14.3. The Labute approximate surface area is 169 Å². The summed E-state index contributed by atoms with van der Waals surface area (Å²) in [5.41, 5.74) is 2.37. The molecule has 1 aromatic carbocycles. The molecule has 1 atom stereocenters. The Kier molecular flexibility index (Phi) is 5.07. The van der Waals surface area contributed by atoms with E-state index in [1.165, 1.54) is 18.2 Å². The van der Waals surface area contributed by atoms with E-state index in [-0.39, 0.29) is 16.6 Å². The first kappa shape index (κ1) is 19.1. The van der Waals surface area contributed by atoms with Crippen molar-refractivity contribution >= 4 is 23.0 Å². The van der Waals surface area contributed by atoms with Gasteiger partial charge in [0.05, 0.1) is 11.9 Å². The fourth-order valence-corrected chi connectivity index (χ4v) is 3.46. The number of amidine groups is 1. The highest BCUT2D eigenvalue weighted by molar-refractivity contribution is 6.31. The van der Waals surface area contributed by atoms with Gasteiger partial charge in [0.25, 0.3) is 0 Å². The minimum absolute atomic E-state index is 0.116. The van der Waals surface area contributed by atoms with Crippen LogP contribution in [0.5, 0.6) is 0 Å². The van der Waals surface area contributed by atoms with Crippen molar-refractivity contribution in [1.29, 1.82) is 0 Å². The molecule has 3 heterocycles. The molecule has 1 aliphatic rings. The number of aliphatic imine (C=N–C) groups is 1. The van der Waals surface area contributed by atoms with Crippen LogP contribution in [-0.4, -0.2) is 15.8 Å². The van der Waals surface area contributed by atoms with Crippen molar-refractivity contribution in [1.82, 2.24) is 15.3 Å². The molecule has 4 rings (SSSR count). The summed E-state index contributed by atoms with van der Waals surface area (Å²) >= 11 is 6.30. The Morgan fingerprint density at radius 1 is 1.00 bits per heavy atom. The molecule has 0 aliphatic carbocycles. The van der Waals surface area contributed by atoms with E-state index in [2.05, 4.69) is 20.3 Å². The molecule has 8 heteroatoms. The van der Waals surface area contributed by atoms with Gasteiger partial charge >= 0.3 is 0 Å². The van der Waals surface area contributed by atoms with Crippen molar-refractivity contribution in [3.8, 4) is 0 Å². The van der Waals surface area contributed by atoms with Crippen LogP contribution in [0.4, 0.5) is 13.2 Å². The van der Waals surface area contributed by atoms with Gasteiger partial charge in [-0.1, -0.05) is 23.7 Å². The standard InChI is InChI=1S/C21H14ClF3N4/c1-11-18(17-4-2-3-7-26-17)19(14-6-5-12(23)8-15(14)22)29-21(28-11)20-16(25)9-13(24)10-27-20/h2-10,19H,1H3,(H,28,29). The maximum Gasteiger partial charge on any atom is 0.155 e. The monoisotopic (exact) mass is 414 g/mol. The van der Waals surface area contributed by atoms with Gasteiger partial charge in [0, 0.05) is 34.1 Å². The molecule has 1 aliphatic heterocycles. The zero-order valence-corrected chi connectivity index (χ0v) is 15.9. The van der Waals surface area contributed by atoms with E-state index in [1.807, 2.05) is 12.1 Å². The molecular formula is C21H14ClF3N4. The molecule has 0 bridgehead atoms. The Bertz CT molecular complexity index is 1150. The number of hydrogen-bond acceptors (Lipinski definition) is 4. The van der Waals surface area contributed by atoms with E-state index in [0.717, 1.165) is 12.3 Å². The highest BCUT2D eigenvalue weighted by Gasteiger charge is 2.29. The molecule has 0 saturated heterocycles. The number of pyridine rings is 2. The number of halogens is 4. The second-order valence-electron chi connectivity index (χ2n) is 6.41. The van der Waals surface area contributed by atoms with Crippen LogP contribution in [-0.2, 0) is 0 Å². The van der Waals surface area contributed by atoms with Crippen molar-refractivity contribution in [3.63, 3.8) is 0 Å². The largest absolute Gasteiger partial charge is 0.342 e. The quantitative estimate of drug-likeness (QED) is 0.651. The first-order chi connectivity index (χ1) is 13.9. The third-order valence-electron chi connectivity index (χ3n) is 4.47. The van der Waals surface area contributed by atoms with Crippen LogP contribution in [0.2, 0.25) is 5.02 Å². The number of nitrogens with one attached hydrogen (secondary N) is 1. The summed E-state index contributed by atoms with van der Waals surface area (Å²) in [5, 5.41) is 3.19. The SMILES string of the molecule is CC1=C(c2ccccn2)C(c2ccc(F)cc2Cl)N=C(c2ncc(F)cc2F)N1. The number of hydrogen-bond donors (Lipinski definition) is 1. The predicted molar refractivity (Wildman–Crippen MR) is 105 cm³/mol. The van der Waals surface area contributed by atoms with Crippen molar-refractivity contribution in [2.24, 2.45) is 4.99 Å². The van der Waals surface area contributed by atoms with Gasteiger partial charge in [-0.2, -0.15) is 0 Å². The van der Waals surface area contributed by atoms with Crippen LogP contribution in [0, 0.1) is 17.5 Å². The first-order valence-electron chi connectivity index (χ1n) is 8.67. The molecule has 1 unspecified atom stereocenters. The van der Waals surface area contributed by atoms with Gasteiger partial charge in [0.15, 0.2) is 11.7 Å². The molecule has 0 spiro atoms. The van der Waals surface area contributed by atoms with Gasteiger partial charge in [-0.15, -0.1) is 0 Å². The van der Waals surface area contributed by atoms with Crippen LogP contribution in [0.15, 0.2) is 65.5 Å². The molecule has 146 valence electrons. The van der Waals surface area contributed by atoms with E-state index >= 15 is 0 Å². The average Bonchev–Trinajstić information content (AvgIpc) is 2.68. The Morgan fingerprint density at radius 2 is 1.83 bits per heavy atom. The lowest BCUT2D eigenvalue weighted by Gasteiger charge is -2.27. The minimum Gasteiger partial charge on any atom is -0.342 e. The smallest absolute Gasteiger partial charge is 0.155 e. The third kappa shape index (κ3) is 3.73. The van der Waals surface area contributed by atoms with Crippen molar-refractivity contribution in [2.75, 3.05) is 0 Å². The Morgan fingerprint density at radius 3 is 2.52 bits per heavy atom. The van der Waals surface area contributed by atoms with Gasteiger partial charge in [-0.3, -0.25) is 9.98 Å². The van der Waals surface area contributed by atoms with Gasteiger partial charge in [-0.25, -0.2) is 18.2 Å². The maximum atomic E-state index is 14.3. The van der Waals surface area contributed by atoms with E-state index in [0.29, 0.717) is 22.5 Å². The summed E-state index contributed by atoms with van der Waals surface area (Å²) in [4.78, 5) is 12.8. The second kappa shape index (κ2) is 7.67. The summed E-state index contributed by atoms with van der Waals surface area (Å²) in [6.45, 7) is 1.78. The summed E-state index contributed by atoms with van der Waals surface area (Å²) in [6.07, 6.45) is 2.55. The molecule has 1 N–H and O–H groups in total. The summed E-state index contributed by atoms with van der Waals surface area (Å²) in [6, 6.07) is 9.45. The zero-order chi connectivity index (χ0) is 20.5. The van der Waals surface area contributed by atoms with Gasteiger partial charge in [0.2, 0.25) is 0 Å². The first-order valence-corrected chi connectivity index (χ1v) is 9.05. The zero-order valence-electron chi connectivity index (χ0n) is 15.1. The molecule has 2 aromatic heterocycles. The number of benzene rings is 1. The second-order valence-corrected chi connectivity index (χ2v) is 6.82. The van der Waals surface area contributed by atoms with E-state index in [1.54, 1.807) is 19.2 Å². The van der Waals surface area contributed by atoms with E-state index in [4.69, 9.17) is 11.6 Å². The van der Waals surface area contributed by atoms with Crippen LogP contribution in [0.1, 0.15) is 29.9 Å². The molecule has 0 amide bonds.